The average Bonchev–Trinajstić information content (AvgIpc) is 2.21. The fraction of sp³-hybridized carbons (Fsp3) is 0.545. The van der Waals surface area contributed by atoms with Crippen molar-refractivity contribution in [3.8, 4) is 0 Å². The van der Waals surface area contributed by atoms with Crippen LogP contribution < -0.4 is 0 Å². The maximum atomic E-state index is 5.97. The van der Waals surface area contributed by atoms with Crippen LogP contribution in [-0.2, 0) is 17.6 Å². The van der Waals surface area contributed by atoms with Crippen LogP contribution in [0.25, 0.3) is 0 Å². The van der Waals surface area contributed by atoms with Crippen molar-refractivity contribution in [3.05, 3.63) is 28.5 Å². The molecule has 0 atom stereocenters. The molecule has 0 fully saturated rings. The highest BCUT2D eigenvalue weighted by atomic mass is 35.5. The molecule has 1 rings (SSSR count). The van der Waals surface area contributed by atoms with E-state index in [1.807, 2.05) is 0 Å². The Hall–Kier alpha value is -0.600. The number of nitrogens with zero attached hydrogens (tertiary/aromatic N) is 1. The van der Waals surface area contributed by atoms with Crippen molar-refractivity contribution in [1.29, 1.82) is 0 Å². The van der Waals surface area contributed by atoms with Crippen LogP contribution in [0.5, 0.6) is 0 Å². The molecule has 0 spiro atoms. The number of aryl methyl sites for hydroxylation is 2. The highest BCUT2D eigenvalue weighted by Crippen LogP contribution is 2.16. The fourth-order valence-corrected chi connectivity index (χ4v) is 1.57. The minimum Gasteiger partial charge on any atom is -0.385 e. The Morgan fingerprint density at radius 2 is 2.29 bits per heavy atom. The molecule has 78 valence electrons. The van der Waals surface area contributed by atoms with E-state index >= 15 is 0 Å². The zero-order chi connectivity index (χ0) is 10.4. The number of pyridine rings is 1. The SMILES string of the molecule is CCc1cc(CCCOC)ncc1Cl. The van der Waals surface area contributed by atoms with Crippen LogP contribution in [0.15, 0.2) is 12.3 Å². The summed E-state index contributed by atoms with van der Waals surface area (Å²) in [5, 5.41) is 0.767. The summed E-state index contributed by atoms with van der Waals surface area (Å²) in [6, 6.07) is 2.08. The molecule has 0 saturated heterocycles. The van der Waals surface area contributed by atoms with Crippen molar-refractivity contribution in [3.63, 3.8) is 0 Å². The molecule has 0 aliphatic carbocycles. The molecule has 0 aromatic carbocycles. The standard InChI is InChI=1S/C11H16ClNO/c1-3-9-7-10(5-4-6-14-2)13-8-11(9)12/h7-8H,3-6H2,1-2H3. The first-order chi connectivity index (χ1) is 6.77. The zero-order valence-electron chi connectivity index (χ0n) is 8.72. The number of hydrogen-bond acceptors (Lipinski definition) is 2. The first-order valence-electron chi connectivity index (χ1n) is 4.90. The maximum Gasteiger partial charge on any atom is 0.0621 e. The Morgan fingerprint density at radius 1 is 1.50 bits per heavy atom. The molecule has 2 nitrogen and oxygen atoms in total. The van der Waals surface area contributed by atoms with E-state index < -0.39 is 0 Å². The molecule has 1 aromatic heterocycles. The van der Waals surface area contributed by atoms with Gasteiger partial charge in [0.2, 0.25) is 0 Å². The molecule has 0 radical (unpaired) electrons. The molecule has 0 saturated carbocycles. The molecule has 14 heavy (non-hydrogen) atoms. The number of hydrogen-bond donors (Lipinski definition) is 0. The lowest BCUT2D eigenvalue weighted by molar-refractivity contribution is 0.195. The minimum absolute atomic E-state index is 0.767. The Bertz CT molecular complexity index is 289. The van der Waals surface area contributed by atoms with E-state index in [1.165, 1.54) is 5.56 Å². The molecule has 0 aliphatic rings. The molecular formula is C11H16ClNO. The number of halogens is 1. The summed E-state index contributed by atoms with van der Waals surface area (Å²) in [5.41, 5.74) is 2.28. The summed E-state index contributed by atoms with van der Waals surface area (Å²) in [7, 11) is 1.72. The van der Waals surface area contributed by atoms with E-state index in [0.717, 1.165) is 36.6 Å². The number of aromatic nitrogens is 1. The van der Waals surface area contributed by atoms with Crippen molar-refractivity contribution in [2.75, 3.05) is 13.7 Å². The third-order valence-electron chi connectivity index (χ3n) is 2.15. The van der Waals surface area contributed by atoms with Gasteiger partial charge in [0.15, 0.2) is 0 Å². The summed E-state index contributed by atoms with van der Waals surface area (Å²) in [6.07, 6.45) is 4.66. The van der Waals surface area contributed by atoms with Gasteiger partial charge in [0.25, 0.3) is 0 Å². The maximum absolute atomic E-state index is 5.97. The van der Waals surface area contributed by atoms with Gasteiger partial charge in [-0.15, -0.1) is 0 Å². The van der Waals surface area contributed by atoms with Gasteiger partial charge in [0.1, 0.15) is 0 Å². The van der Waals surface area contributed by atoms with E-state index in [-0.39, 0.29) is 0 Å². The third kappa shape index (κ3) is 3.28. The molecule has 0 aliphatic heterocycles. The number of methoxy groups -OCH3 is 1. The second kappa shape index (κ2) is 5.99. The second-order valence-electron chi connectivity index (χ2n) is 3.22. The van der Waals surface area contributed by atoms with Crippen molar-refractivity contribution in [1.82, 2.24) is 4.98 Å². The van der Waals surface area contributed by atoms with Gasteiger partial charge in [0.05, 0.1) is 5.02 Å². The largest absolute Gasteiger partial charge is 0.385 e. The monoisotopic (exact) mass is 213 g/mol. The van der Waals surface area contributed by atoms with Gasteiger partial charge < -0.3 is 4.74 Å². The summed E-state index contributed by atoms with van der Waals surface area (Å²) in [4.78, 5) is 4.27. The normalized spacial score (nSPS) is 10.5. The Balaban J connectivity index is 2.60. The predicted molar refractivity (Wildman–Crippen MR) is 58.8 cm³/mol. The Labute approximate surface area is 90.3 Å². The van der Waals surface area contributed by atoms with E-state index in [9.17, 15) is 0 Å². The highest BCUT2D eigenvalue weighted by molar-refractivity contribution is 6.31. The smallest absolute Gasteiger partial charge is 0.0621 e. The molecule has 0 amide bonds. The van der Waals surface area contributed by atoms with Crippen LogP contribution in [0.2, 0.25) is 5.02 Å². The number of rotatable bonds is 5. The van der Waals surface area contributed by atoms with E-state index in [0.29, 0.717) is 0 Å². The lowest BCUT2D eigenvalue weighted by Crippen LogP contribution is -1.96. The molecule has 1 heterocycles. The van der Waals surface area contributed by atoms with Crippen LogP contribution in [0.1, 0.15) is 24.6 Å². The Morgan fingerprint density at radius 3 is 2.93 bits per heavy atom. The van der Waals surface area contributed by atoms with Crippen molar-refractivity contribution < 1.29 is 4.74 Å². The van der Waals surface area contributed by atoms with Gasteiger partial charge in [-0.1, -0.05) is 18.5 Å². The highest BCUT2D eigenvalue weighted by Gasteiger charge is 2.01. The lowest BCUT2D eigenvalue weighted by atomic mass is 10.1. The second-order valence-corrected chi connectivity index (χ2v) is 3.62. The number of ether oxygens (including phenoxy) is 1. The summed E-state index contributed by atoms with van der Waals surface area (Å²) >= 11 is 5.97. The molecule has 1 aromatic rings. The van der Waals surface area contributed by atoms with Crippen LogP contribution in [0.3, 0.4) is 0 Å². The summed E-state index contributed by atoms with van der Waals surface area (Å²) in [5.74, 6) is 0. The minimum atomic E-state index is 0.767. The first-order valence-corrected chi connectivity index (χ1v) is 5.28. The van der Waals surface area contributed by atoms with Crippen molar-refractivity contribution >= 4 is 11.6 Å². The van der Waals surface area contributed by atoms with Crippen LogP contribution in [0.4, 0.5) is 0 Å². The zero-order valence-corrected chi connectivity index (χ0v) is 9.47. The molecule has 3 heteroatoms. The summed E-state index contributed by atoms with van der Waals surface area (Å²) < 4.78 is 4.99. The third-order valence-corrected chi connectivity index (χ3v) is 2.49. The molecule has 0 bridgehead atoms. The van der Waals surface area contributed by atoms with Gasteiger partial charge >= 0.3 is 0 Å². The van der Waals surface area contributed by atoms with Crippen LogP contribution >= 0.6 is 11.6 Å². The lowest BCUT2D eigenvalue weighted by Gasteiger charge is -2.04. The Kier molecular flexibility index (Phi) is 4.91. The van der Waals surface area contributed by atoms with Gasteiger partial charge in [-0.25, -0.2) is 0 Å². The van der Waals surface area contributed by atoms with Gasteiger partial charge in [-0.05, 0) is 30.9 Å². The van der Waals surface area contributed by atoms with Crippen LogP contribution in [-0.4, -0.2) is 18.7 Å². The van der Waals surface area contributed by atoms with Crippen molar-refractivity contribution in [2.45, 2.75) is 26.2 Å². The first kappa shape index (κ1) is 11.5. The van der Waals surface area contributed by atoms with E-state index in [1.54, 1.807) is 13.3 Å². The van der Waals surface area contributed by atoms with Crippen molar-refractivity contribution in [2.24, 2.45) is 0 Å². The van der Waals surface area contributed by atoms with E-state index in [4.69, 9.17) is 16.3 Å². The van der Waals surface area contributed by atoms with E-state index in [2.05, 4.69) is 18.0 Å². The fourth-order valence-electron chi connectivity index (χ4n) is 1.34. The quantitative estimate of drug-likeness (QED) is 0.702. The summed E-state index contributed by atoms with van der Waals surface area (Å²) in [6.45, 7) is 2.88. The van der Waals surface area contributed by atoms with Gasteiger partial charge in [-0.3, -0.25) is 4.98 Å². The molecule has 0 N–H and O–H groups in total. The topological polar surface area (TPSA) is 22.1 Å². The van der Waals surface area contributed by atoms with Gasteiger partial charge in [-0.2, -0.15) is 0 Å². The predicted octanol–water partition coefficient (Wildman–Crippen LogP) is 2.88. The average molecular weight is 214 g/mol. The van der Waals surface area contributed by atoms with Gasteiger partial charge in [0, 0.05) is 25.6 Å². The van der Waals surface area contributed by atoms with Crippen LogP contribution in [0, 0.1) is 0 Å². The molecular weight excluding hydrogens is 198 g/mol. The molecule has 0 unspecified atom stereocenters.